The average Bonchev–Trinajstić information content (AvgIpc) is 3.11. The van der Waals surface area contributed by atoms with Crippen molar-refractivity contribution in [1.29, 1.82) is 0 Å². The Balaban J connectivity index is 1.48. The summed E-state index contributed by atoms with van der Waals surface area (Å²) in [5.41, 5.74) is 0.804. The molecule has 0 aliphatic carbocycles. The van der Waals surface area contributed by atoms with E-state index in [0.29, 0.717) is 30.8 Å². The van der Waals surface area contributed by atoms with Crippen LogP contribution in [0.3, 0.4) is 0 Å². The number of benzene rings is 1. The second-order valence-electron chi connectivity index (χ2n) is 8.17. The number of nitrogens with zero attached hydrogens (tertiary/aromatic N) is 2. The first-order valence-electron chi connectivity index (χ1n) is 9.32. The third kappa shape index (κ3) is 4.64. The summed E-state index contributed by atoms with van der Waals surface area (Å²) in [6, 6.07) is 6.11. The number of nitrogens with one attached hydrogen (secondary N) is 1. The van der Waals surface area contributed by atoms with E-state index in [9.17, 15) is 14.0 Å². The lowest BCUT2D eigenvalue weighted by molar-refractivity contribution is -0.140. The van der Waals surface area contributed by atoms with Gasteiger partial charge in [0.15, 0.2) is 0 Å². The minimum absolute atomic E-state index is 0.0170. The number of hydrogen-bond donors (Lipinski definition) is 1. The number of piperidine rings is 1. The predicted octanol–water partition coefficient (Wildman–Crippen LogP) is 2.47. The van der Waals surface area contributed by atoms with E-state index in [1.54, 1.807) is 12.1 Å². The van der Waals surface area contributed by atoms with Crippen LogP contribution in [0.15, 0.2) is 29.4 Å². The molecular weight excluding hydrogens is 349 g/mol. The Morgan fingerprint density at radius 2 is 1.96 bits per heavy atom. The molecule has 1 fully saturated rings. The van der Waals surface area contributed by atoms with E-state index in [-0.39, 0.29) is 23.7 Å². The molecule has 3 rings (SSSR count). The Hall–Kier alpha value is -2.44. The van der Waals surface area contributed by atoms with Crippen molar-refractivity contribution in [3.63, 3.8) is 0 Å². The Labute approximate surface area is 158 Å². The fourth-order valence-electron chi connectivity index (χ4n) is 3.35. The molecule has 0 spiro atoms. The van der Waals surface area contributed by atoms with E-state index in [1.807, 2.05) is 25.7 Å². The second-order valence-corrected chi connectivity index (χ2v) is 8.17. The molecule has 1 aromatic rings. The van der Waals surface area contributed by atoms with Crippen LogP contribution in [0.4, 0.5) is 4.39 Å². The molecule has 1 saturated heterocycles. The molecule has 0 unspecified atom stereocenters. The zero-order valence-electron chi connectivity index (χ0n) is 16.0. The fourth-order valence-corrected chi connectivity index (χ4v) is 3.35. The summed E-state index contributed by atoms with van der Waals surface area (Å²) in [4.78, 5) is 31.9. The first kappa shape index (κ1) is 19.3. The number of rotatable bonds is 3. The van der Waals surface area contributed by atoms with Gasteiger partial charge in [0.1, 0.15) is 5.82 Å². The third-order valence-electron chi connectivity index (χ3n) is 4.89. The Kier molecular flexibility index (Phi) is 5.48. The molecule has 2 aliphatic rings. The van der Waals surface area contributed by atoms with Crippen LogP contribution in [0, 0.1) is 11.2 Å². The molecule has 0 aromatic heterocycles. The summed E-state index contributed by atoms with van der Waals surface area (Å²) < 4.78 is 13.3. The SMILES string of the molecule is CC(C)(C)C(=O)N1CCC(NC(=O)[C@H]2CC(c3cccc(F)c3)=NO2)CC1. The number of oxime groups is 1. The summed E-state index contributed by atoms with van der Waals surface area (Å²) in [6.45, 7) is 7.01. The number of hydrogen-bond acceptors (Lipinski definition) is 4. The van der Waals surface area contributed by atoms with Gasteiger partial charge in [0, 0.05) is 36.5 Å². The van der Waals surface area contributed by atoms with Gasteiger partial charge >= 0.3 is 0 Å². The lowest BCUT2D eigenvalue weighted by Crippen LogP contribution is -2.50. The summed E-state index contributed by atoms with van der Waals surface area (Å²) in [5.74, 6) is -0.426. The maximum atomic E-state index is 13.3. The first-order chi connectivity index (χ1) is 12.7. The average molecular weight is 375 g/mol. The van der Waals surface area contributed by atoms with Crippen LogP contribution < -0.4 is 5.32 Å². The highest BCUT2D eigenvalue weighted by Crippen LogP contribution is 2.22. The van der Waals surface area contributed by atoms with Crippen molar-refractivity contribution >= 4 is 17.5 Å². The van der Waals surface area contributed by atoms with Gasteiger partial charge in [-0.3, -0.25) is 9.59 Å². The molecule has 1 atom stereocenters. The monoisotopic (exact) mass is 375 g/mol. The van der Waals surface area contributed by atoms with Gasteiger partial charge in [0.25, 0.3) is 5.91 Å². The van der Waals surface area contributed by atoms with Gasteiger partial charge in [-0.05, 0) is 25.0 Å². The molecule has 1 N–H and O–H groups in total. The van der Waals surface area contributed by atoms with E-state index in [0.717, 1.165) is 12.8 Å². The highest BCUT2D eigenvalue weighted by molar-refractivity contribution is 6.04. The number of carbonyl (C=O) groups is 2. The molecule has 0 saturated carbocycles. The molecular formula is C20H26FN3O3. The zero-order chi connectivity index (χ0) is 19.6. The van der Waals surface area contributed by atoms with Crippen LogP contribution in [0.5, 0.6) is 0 Å². The highest BCUT2D eigenvalue weighted by Gasteiger charge is 2.33. The van der Waals surface area contributed by atoms with Crippen molar-refractivity contribution in [2.45, 2.75) is 52.2 Å². The number of carbonyl (C=O) groups excluding carboxylic acids is 2. The first-order valence-corrected chi connectivity index (χ1v) is 9.32. The topological polar surface area (TPSA) is 71.0 Å². The van der Waals surface area contributed by atoms with Crippen LogP contribution in [0.1, 0.15) is 45.6 Å². The minimum atomic E-state index is -0.697. The van der Waals surface area contributed by atoms with Gasteiger partial charge in [-0.25, -0.2) is 4.39 Å². The normalized spacial score (nSPS) is 20.8. The fraction of sp³-hybridized carbons (Fsp3) is 0.550. The van der Waals surface area contributed by atoms with Gasteiger partial charge in [-0.1, -0.05) is 38.1 Å². The van der Waals surface area contributed by atoms with Gasteiger partial charge in [-0.2, -0.15) is 0 Å². The molecule has 7 heteroatoms. The molecule has 27 heavy (non-hydrogen) atoms. The molecule has 0 bridgehead atoms. The van der Waals surface area contributed by atoms with Crippen molar-refractivity contribution in [2.24, 2.45) is 10.6 Å². The quantitative estimate of drug-likeness (QED) is 0.882. The highest BCUT2D eigenvalue weighted by atomic mass is 19.1. The Morgan fingerprint density at radius 3 is 2.59 bits per heavy atom. The second kappa shape index (κ2) is 7.66. The number of halogens is 1. The molecule has 2 heterocycles. The largest absolute Gasteiger partial charge is 0.382 e. The van der Waals surface area contributed by atoms with Crippen molar-refractivity contribution in [3.8, 4) is 0 Å². The molecule has 0 radical (unpaired) electrons. The predicted molar refractivity (Wildman–Crippen MR) is 99.6 cm³/mol. The molecule has 1 aromatic carbocycles. The zero-order valence-corrected chi connectivity index (χ0v) is 16.0. The summed E-state index contributed by atoms with van der Waals surface area (Å²) in [5, 5.41) is 6.93. The standard InChI is InChI=1S/C20H26FN3O3/c1-20(2,3)19(26)24-9-7-15(8-10-24)22-18(25)17-12-16(23-27-17)13-5-4-6-14(21)11-13/h4-6,11,15,17H,7-10,12H2,1-3H3,(H,22,25)/t17-/m1/s1. The third-order valence-corrected chi connectivity index (χ3v) is 4.89. The van der Waals surface area contributed by atoms with E-state index in [2.05, 4.69) is 10.5 Å². The van der Waals surface area contributed by atoms with Crippen molar-refractivity contribution in [3.05, 3.63) is 35.6 Å². The minimum Gasteiger partial charge on any atom is -0.382 e. The van der Waals surface area contributed by atoms with E-state index in [1.165, 1.54) is 12.1 Å². The smallest absolute Gasteiger partial charge is 0.264 e. The van der Waals surface area contributed by atoms with Crippen LogP contribution in [-0.4, -0.2) is 47.7 Å². The summed E-state index contributed by atoms with van der Waals surface area (Å²) >= 11 is 0. The molecule has 2 aliphatic heterocycles. The van der Waals surface area contributed by atoms with Crippen molar-refractivity contribution in [1.82, 2.24) is 10.2 Å². The van der Waals surface area contributed by atoms with Gasteiger partial charge in [-0.15, -0.1) is 0 Å². The van der Waals surface area contributed by atoms with Crippen molar-refractivity contribution < 1.29 is 18.8 Å². The van der Waals surface area contributed by atoms with Crippen LogP contribution in [-0.2, 0) is 14.4 Å². The van der Waals surface area contributed by atoms with E-state index in [4.69, 9.17) is 4.84 Å². The summed E-state index contributed by atoms with van der Waals surface area (Å²) in [7, 11) is 0. The van der Waals surface area contributed by atoms with Crippen LogP contribution in [0.2, 0.25) is 0 Å². The van der Waals surface area contributed by atoms with Crippen LogP contribution >= 0.6 is 0 Å². The van der Waals surface area contributed by atoms with Crippen LogP contribution in [0.25, 0.3) is 0 Å². The van der Waals surface area contributed by atoms with Gasteiger partial charge < -0.3 is 15.1 Å². The van der Waals surface area contributed by atoms with E-state index < -0.39 is 11.5 Å². The molecule has 2 amide bonds. The Morgan fingerprint density at radius 1 is 1.26 bits per heavy atom. The van der Waals surface area contributed by atoms with E-state index >= 15 is 0 Å². The lowest BCUT2D eigenvalue weighted by Gasteiger charge is -2.36. The van der Waals surface area contributed by atoms with Crippen molar-refractivity contribution in [2.75, 3.05) is 13.1 Å². The van der Waals surface area contributed by atoms with Gasteiger partial charge in [0.2, 0.25) is 12.0 Å². The maximum Gasteiger partial charge on any atom is 0.264 e. The van der Waals surface area contributed by atoms with Gasteiger partial charge in [0.05, 0.1) is 5.71 Å². The molecule has 146 valence electrons. The number of likely N-dealkylation sites (tertiary alicyclic amines) is 1. The Bertz CT molecular complexity index is 749. The lowest BCUT2D eigenvalue weighted by atomic mass is 9.93. The maximum absolute atomic E-state index is 13.3. The molecule has 6 nitrogen and oxygen atoms in total. The summed E-state index contributed by atoms with van der Waals surface area (Å²) in [6.07, 6.45) is 1.06. The number of amides is 2.